The fourth-order valence-electron chi connectivity index (χ4n) is 2.90. The Balaban J connectivity index is 1.56. The highest BCUT2D eigenvalue weighted by atomic mass is 35.5. The van der Waals surface area contributed by atoms with Crippen molar-refractivity contribution >= 4 is 23.4 Å². The van der Waals surface area contributed by atoms with Crippen LogP contribution in [0.25, 0.3) is 0 Å². The van der Waals surface area contributed by atoms with Crippen molar-refractivity contribution in [2.75, 3.05) is 13.1 Å². The van der Waals surface area contributed by atoms with E-state index in [1.807, 2.05) is 24.3 Å². The number of H-pyrrole nitrogens is 1. The van der Waals surface area contributed by atoms with Gasteiger partial charge in [-0.3, -0.25) is 14.4 Å². The van der Waals surface area contributed by atoms with Gasteiger partial charge in [0, 0.05) is 30.7 Å². The summed E-state index contributed by atoms with van der Waals surface area (Å²) < 4.78 is 0. The van der Waals surface area contributed by atoms with Gasteiger partial charge >= 0.3 is 0 Å². The number of hydrogen-bond donors (Lipinski definition) is 2. The summed E-state index contributed by atoms with van der Waals surface area (Å²) in [6.07, 6.45) is 2.41. The first-order chi connectivity index (χ1) is 12.0. The molecule has 2 heterocycles. The first-order valence-electron chi connectivity index (χ1n) is 8.04. The van der Waals surface area contributed by atoms with Gasteiger partial charge in [-0.2, -0.15) is 0 Å². The van der Waals surface area contributed by atoms with Crippen LogP contribution in [0, 0.1) is 0 Å². The van der Waals surface area contributed by atoms with E-state index in [-0.39, 0.29) is 23.9 Å². The maximum atomic E-state index is 12.2. The van der Waals surface area contributed by atoms with Crippen LogP contribution >= 0.6 is 11.6 Å². The average Bonchev–Trinajstić information content (AvgIpc) is 2.93. The van der Waals surface area contributed by atoms with Gasteiger partial charge in [0.2, 0.25) is 5.91 Å². The number of amides is 2. The van der Waals surface area contributed by atoms with Crippen LogP contribution in [-0.4, -0.2) is 40.8 Å². The Morgan fingerprint density at radius 2 is 2.12 bits per heavy atom. The van der Waals surface area contributed by atoms with E-state index in [0.29, 0.717) is 24.5 Å². The van der Waals surface area contributed by atoms with E-state index in [4.69, 9.17) is 11.6 Å². The van der Waals surface area contributed by atoms with Gasteiger partial charge in [0.15, 0.2) is 0 Å². The quantitative estimate of drug-likeness (QED) is 0.850. The van der Waals surface area contributed by atoms with E-state index in [1.54, 1.807) is 11.0 Å². The molecule has 1 aromatic carbocycles. The summed E-state index contributed by atoms with van der Waals surface area (Å²) in [5.74, 6) is -0.467. The highest BCUT2D eigenvalue weighted by Gasteiger charge is 2.30. The lowest BCUT2D eigenvalue weighted by Gasteiger charge is -2.17. The number of nitrogens with one attached hydrogen (secondary N) is 2. The third kappa shape index (κ3) is 4.28. The summed E-state index contributed by atoms with van der Waals surface area (Å²) >= 11 is 5.96. The number of aromatic amines is 1. The second-order valence-electron chi connectivity index (χ2n) is 6.01. The summed E-state index contributed by atoms with van der Waals surface area (Å²) in [6.45, 7) is 1.01. The zero-order chi connectivity index (χ0) is 17.8. The van der Waals surface area contributed by atoms with E-state index >= 15 is 0 Å². The Kier molecular flexibility index (Phi) is 5.19. The molecule has 1 aromatic heterocycles. The molecule has 25 heavy (non-hydrogen) atoms. The van der Waals surface area contributed by atoms with Gasteiger partial charge in [-0.25, -0.2) is 0 Å². The molecule has 1 fully saturated rings. The second kappa shape index (κ2) is 7.53. The molecule has 2 amide bonds. The first kappa shape index (κ1) is 17.2. The largest absolute Gasteiger partial charge is 0.347 e. The summed E-state index contributed by atoms with van der Waals surface area (Å²) in [5, 5.41) is 3.43. The SMILES string of the molecule is O=C(NC1CC(=O)N(CCc2cccc(Cl)c2)C1)c1ccc[nH]c1=O. The number of halogens is 1. The van der Waals surface area contributed by atoms with E-state index in [9.17, 15) is 14.4 Å². The fourth-order valence-corrected chi connectivity index (χ4v) is 3.12. The van der Waals surface area contributed by atoms with Crippen molar-refractivity contribution in [1.29, 1.82) is 0 Å². The third-order valence-corrected chi connectivity index (χ3v) is 4.41. The Morgan fingerprint density at radius 3 is 2.88 bits per heavy atom. The van der Waals surface area contributed by atoms with Crippen molar-refractivity contribution in [3.05, 3.63) is 69.1 Å². The maximum absolute atomic E-state index is 12.2. The molecule has 7 heteroatoms. The average molecular weight is 360 g/mol. The molecule has 1 aliphatic rings. The van der Waals surface area contributed by atoms with Crippen molar-refractivity contribution in [3.63, 3.8) is 0 Å². The second-order valence-corrected chi connectivity index (χ2v) is 6.44. The summed E-state index contributed by atoms with van der Waals surface area (Å²) in [5.41, 5.74) is 0.665. The molecule has 1 aliphatic heterocycles. The standard InChI is InChI=1S/C18H18ClN3O3/c19-13-4-1-3-12(9-13)6-8-22-11-14(10-16(22)23)21-18(25)15-5-2-7-20-17(15)24/h1-5,7,9,14H,6,8,10-11H2,(H,20,24)(H,21,25). The van der Waals surface area contributed by atoms with E-state index in [1.165, 1.54) is 12.3 Å². The minimum absolute atomic E-state index is 0.00528. The van der Waals surface area contributed by atoms with Crippen molar-refractivity contribution in [3.8, 4) is 0 Å². The predicted octanol–water partition coefficient (Wildman–Crippen LogP) is 1.60. The number of carbonyl (C=O) groups is 2. The molecule has 0 aliphatic carbocycles. The van der Waals surface area contributed by atoms with Gasteiger partial charge in [0.1, 0.15) is 5.56 Å². The lowest BCUT2D eigenvalue weighted by Crippen LogP contribution is -2.39. The van der Waals surface area contributed by atoms with Gasteiger partial charge in [-0.15, -0.1) is 0 Å². The molecule has 2 N–H and O–H groups in total. The monoisotopic (exact) mass is 359 g/mol. The van der Waals surface area contributed by atoms with Crippen molar-refractivity contribution in [2.24, 2.45) is 0 Å². The summed E-state index contributed by atoms with van der Waals surface area (Å²) in [7, 11) is 0. The molecule has 0 radical (unpaired) electrons. The lowest BCUT2D eigenvalue weighted by atomic mass is 10.1. The van der Waals surface area contributed by atoms with Gasteiger partial charge in [-0.1, -0.05) is 23.7 Å². The lowest BCUT2D eigenvalue weighted by molar-refractivity contribution is -0.127. The number of carbonyl (C=O) groups excluding carboxylic acids is 2. The van der Waals surface area contributed by atoms with Crippen LogP contribution in [0.4, 0.5) is 0 Å². The van der Waals surface area contributed by atoms with Crippen LogP contribution in [-0.2, 0) is 11.2 Å². The number of aromatic nitrogens is 1. The molecule has 3 rings (SSSR count). The first-order valence-corrected chi connectivity index (χ1v) is 8.41. The van der Waals surface area contributed by atoms with Crippen LogP contribution in [0.5, 0.6) is 0 Å². The van der Waals surface area contributed by atoms with Gasteiger partial charge in [0.05, 0.1) is 6.04 Å². The highest BCUT2D eigenvalue weighted by molar-refractivity contribution is 6.30. The number of likely N-dealkylation sites (tertiary alicyclic amines) is 1. The third-order valence-electron chi connectivity index (χ3n) is 4.17. The smallest absolute Gasteiger partial charge is 0.260 e. The molecular formula is C18H18ClN3O3. The van der Waals surface area contributed by atoms with Gasteiger partial charge in [-0.05, 0) is 36.2 Å². The van der Waals surface area contributed by atoms with Gasteiger partial charge in [0.25, 0.3) is 11.5 Å². The Hall–Kier alpha value is -2.60. The molecular weight excluding hydrogens is 342 g/mol. The Morgan fingerprint density at radius 1 is 1.28 bits per heavy atom. The number of benzene rings is 1. The van der Waals surface area contributed by atoms with E-state index in [0.717, 1.165) is 5.56 Å². The molecule has 1 saturated heterocycles. The molecule has 0 spiro atoms. The van der Waals surface area contributed by atoms with E-state index in [2.05, 4.69) is 10.3 Å². The van der Waals surface area contributed by atoms with Crippen molar-refractivity contribution in [1.82, 2.24) is 15.2 Å². The number of nitrogens with zero attached hydrogens (tertiary/aromatic N) is 1. The number of hydrogen-bond acceptors (Lipinski definition) is 3. The van der Waals surface area contributed by atoms with Gasteiger partial charge < -0.3 is 15.2 Å². The fraction of sp³-hybridized carbons (Fsp3) is 0.278. The summed E-state index contributed by atoms with van der Waals surface area (Å²) in [4.78, 5) is 40.1. The normalized spacial score (nSPS) is 16.9. The van der Waals surface area contributed by atoms with Crippen LogP contribution in [0.15, 0.2) is 47.4 Å². The van der Waals surface area contributed by atoms with Crippen LogP contribution in [0.1, 0.15) is 22.3 Å². The molecule has 6 nitrogen and oxygen atoms in total. The predicted molar refractivity (Wildman–Crippen MR) is 94.7 cm³/mol. The van der Waals surface area contributed by atoms with Crippen LogP contribution in [0.2, 0.25) is 5.02 Å². The molecule has 0 bridgehead atoms. The molecule has 0 saturated carbocycles. The number of rotatable bonds is 5. The van der Waals surface area contributed by atoms with Crippen molar-refractivity contribution in [2.45, 2.75) is 18.9 Å². The Bertz CT molecular complexity index is 849. The minimum Gasteiger partial charge on any atom is -0.347 e. The minimum atomic E-state index is -0.462. The van der Waals surface area contributed by atoms with E-state index < -0.39 is 11.5 Å². The highest BCUT2D eigenvalue weighted by Crippen LogP contribution is 2.15. The molecule has 2 aromatic rings. The van der Waals surface area contributed by atoms with Crippen LogP contribution in [0.3, 0.4) is 0 Å². The van der Waals surface area contributed by atoms with Crippen LogP contribution < -0.4 is 10.9 Å². The molecule has 130 valence electrons. The van der Waals surface area contributed by atoms with Crippen molar-refractivity contribution < 1.29 is 9.59 Å². The number of pyridine rings is 1. The molecule has 1 unspecified atom stereocenters. The molecule has 1 atom stereocenters. The Labute approximate surface area is 149 Å². The summed E-state index contributed by atoms with van der Waals surface area (Å²) in [6, 6.07) is 10.3. The zero-order valence-corrected chi connectivity index (χ0v) is 14.3. The maximum Gasteiger partial charge on any atom is 0.260 e. The zero-order valence-electron chi connectivity index (χ0n) is 13.5. The topological polar surface area (TPSA) is 82.3 Å².